The van der Waals surface area contributed by atoms with Crippen LogP contribution in [0.15, 0.2) is 27.9 Å². The first kappa shape index (κ1) is 12.1. The summed E-state index contributed by atoms with van der Waals surface area (Å²) in [6, 6.07) is 4.09. The molecule has 0 aromatic carbocycles. The summed E-state index contributed by atoms with van der Waals surface area (Å²) in [5.74, 6) is 5.45. The summed E-state index contributed by atoms with van der Waals surface area (Å²) in [7, 11) is 0. The molecule has 0 unspecified atom stereocenters. The number of aryl methyl sites for hydroxylation is 1. The quantitative estimate of drug-likeness (QED) is 0.362. The number of hydrogen-bond acceptors (Lipinski definition) is 6. The number of hydrazine groups is 1. The number of carbonyl (C=O) groups is 1. The van der Waals surface area contributed by atoms with E-state index < -0.39 is 5.91 Å². The molecule has 8 heteroatoms. The van der Waals surface area contributed by atoms with E-state index in [0.717, 1.165) is 5.75 Å². The van der Waals surface area contributed by atoms with Crippen LogP contribution in [0.4, 0.5) is 0 Å². The van der Waals surface area contributed by atoms with E-state index in [0.29, 0.717) is 6.54 Å². The van der Waals surface area contributed by atoms with Crippen molar-refractivity contribution >= 4 is 29.0 Å². The number of thiophene rings is 1. The molecule has 1 amide bonds. The van der Waals surface area contributed by atoms with Crippen molar-refractivity contribution in [1.29, 1.82) is 0 Å². The Morgan fingerprint density at radius 2 is 2.53 bits per heavy atom. The average molecular weight is 269 g/mol. The van der Waals surface area contributed by atoms with E-state index in [9.17, 15) is 4.79 Å². The first-order valence-electron chi connectivity index (χ1n) is 4.87. The highest BCUT2D eigenvalue weighted by molar-refractivity contribution is 8.01. The van der Waals surface area contributed by atoms with Gasteiger partial charge in [0, 0.05) is 5.75 Å². The predicted molar refractivity (Wildman–Crippen MR) is 66.7 cm³/mol. The Hall–Kier alpha value is -1.38. The number of nitrogens with two attached hydrogens (primary N) is 1. The van der Waals surface area contributed by atoms with Crippen LogP contribution in [0.25, 0.3) is 0 Å². The highest BCUT2D eigenvalue weighted by Gasteiger charge is 2.08. The summed E-state index contributed by atoms with van der Waals surface area (Å²) >= 11 is 3.46. The minimum atomic E-state index is -0.429. The second-order valence-corrected chi connectivity index (χ2v) is 5.46. The lowest BCUT2D eigenvalue weighted by Crippen LogP contribution is -2.30. The van der Waals surface area contributed by atoms with Gasteiger partial charge < -0.3 is 0 Å². The monoisotopic (exact) mass is 269 g/mol. The molecule has 0 saturated carbocycles. The van der Waals surface area contributed by atoms with Crippen molar-refractivity contribution in [2.75, 3.05) is 5.75 Å². The molecule has 0 aliphatic rings. The zero-order valence-electron chi connectivity index (χ0n) is 8.87. The van der Waals surface area contributed by atoms with Gasteiger partial charge in [-0.25, -0.2) is 5.84 Å². The molecule has 0 spiro atoms. The second kappa shape index (κ2) is 5.80. The molecule has 0 radical (unpaired) electrons. The standard InChI is InChI=1S/C9H11N5OS2/c10-11-9(15)7-6-14(13-12-7)3-5-17-8-2-1-4-16-8/h1-2,4,6H,3,5,10H2,(H,11,15). The average Bonchev–Trinajstić information content (AvgIpc) is 2.99. The fourth-order valence-corrected chi connectivity index (χ4v) is 2.96. The van der Waals surface area contributed by atoms with Crippen molar-refractivity contribution in [2.24, 2.45) is 5.84 Å². The van der Waals surface area contributed by atoms with Crippen LogP contribution in [-0.4, -0.2) is 26.7 Å². The highest BCUT2D eigenvalue weighted by Crippen LogP contribution is 2.23. The van der Waals surface area contributed by atoms with Crippen LogP contribution in [0.1, 0.15) is 10.5 Å². The van der Waals surface area contributed by atoms with Crippen LogP contribution in [0, 0.1) is 0 Å². The topological polar surface area (TPSA) is 85.8 Å². The van der Waals surface area contributed by atoms with E-state index in [-0.39, 0.29) is 5.69 Å². The first-order chi connectivity index (χ1) is 8.29. The zero-order chi connectivity index (χ0) is 12.1. The number of nitrogens with zero attached hydrogens (tertiary/aromatic N) is 3. The zero-order valence-corrected chi connectivity index (χ0v) is 10.5. The van der Waals surface area contributed by atoms with E-state index in [4.69, 9.17) is 5.84 Å². The Morgan fingerprint density at radius 3 is 3.24 bits per heavy atom. The molecule has 0 aliphatic carbocycles. The molecular weight excluding hydrogens is 258 g/mol. The van der Waals surface area contributed by atoms with Gasteiger partial charge in [0.15, 0.2) is 5.69 Å². The number of carbonyl (C=O) groups excluding carboxylic acids is 1. The number of amides is 1. The van der Waals surface area contributed by atoms with Crippen molar-refractivity contribution in [3.8, 4) is 0 Å². The lowest BCUT2D eigenvalue weighted by molar-refractivity contribution is 0.0948. The molecule has 2 rings (SSSR count). The van der Waals surface area contributed by atoms with Gasteiger partial charge in [-0.05, 0) is 11.4 Å². The van der Waals surface area contributed by atoms with E-state index in [1.165, 1.54) is 4.21 Å². The van der Waals surface area contributed by atoms with Gasteiger partial charge in [-0.15, -0.1) is 28.2 Å². The van der Waals surface area contributed by atoms with Gasteiger partial charge in [-0.2, -0.15) is 0 Å². The fourth-order valence-electron chi connectivity index (χ4n) is 1.17. The van der Waals surface area contributed by atoms with Crippen LogP contribution in [0.2, 0.25) is 0 Å². The van der Waals surface area contributed by atoms with Crippen molar-refractivity contribution < 1.29 is 4.79 Å². The van der Waals surface area contributed by atoms with E-state index in [1.807, 2.05) is 16.9 Å². The molecule has 2 aromatic rings. The SMILES string of the molecule is NNC(=O)c1cn(CCSc2cccs2)nn1. The lowest BCUT2D eigenvalue weighted by Gasteiger charge is -1.98. The van der Waals surface area contributed by atoms with Gasteiger partial charge in [-0.3, -0.25) is 14.9 Å². The third-order valence-corrected chi connectivity index (χ3v) is 4.07. The summed E-state index contributed by atoms with van der Waals surface area (Å²) in [6.45, 7) is 0.702. The number of nitrogen functional groups attached to an aromatic ring is 1. The largest absolute Gasteiger partial charge is 0.289 e. The van der Waals surface area contributed by atoms with Crippen LogP contribution in [0.3, 0.4) is 0 Å². The third-order valence-electron chi connectivity index (χ3n) is 1.96. The molecule has 2 heterocycles. The maximum absolute atomic E-state index is 11.1. The van der Waals surface area contributed by atoms with Crippen molar-refractivity contribution in [1.82, 2.24) is 20.4 Å². The van der Waals surface area contributed by atoms with Gasteiger partial charge in [-0.1, -0.05) is 11.3 Å². The molecule has 0 fully saturated rings. The normalized spacial score (nSPS) is 10.4. The minimum absolute atomic E-state index is 0.230. The maximum Gasteiger partial charge on any atom is 0.287 e. The molecule has 0 atom stereocenters. The summed E-state index contributed by atoms with van der Waals surface area (Å²) in [6.07, 6.45) is 1.58. The van der Waals surface area contributed by atoms with Crippen LogP contribution in [0.5, 0.6) is 0 Å². The third kappa shape index (κ3) is 3.29. The predicted octanol–water partition coefficient (Wildman–Crippen LogP) is 0.735. The molecule has 6 nitrogen and oxygen atoms in total. The number of rotatable bonds is 5. The van der Waals surface area contributed by atoms with Crippen molar-refractivity contribution in [3.63, 3.8) is 0 Å². The smallest absolute Gasteiger partial charge is 0.287 e. The van der Waals surface area contributed by atoms with Gasteiger partial charge in [0.25, 0.3) is 5.91 Å². The van der Waals surface area contributed by atoms with Crippen LogP contribution < -0.4 is 11.3 Å². The highest BCUT2D eigenvalue weighted by atomic mass is 32.2. The molecule has 17 heavy (non-hydrogen) atoms. The van der Waals surface area contributed by atoms with Crippen LogP contribution >= 0.6 is 23.1 Å². The summed E-state index contributed by atoms with van der Waals surface area (Å²) in [5.41, 5.74) is 2.24. The molecule has 0 bridgehead atoms. The Bertz CT molecular complexity index is 481. The summed E-state index contributed by atoms with van der Waals surface area (Å²) in [4.78, 5) is 11.1. The maximum atomic E-state index is 11.1. The van der Waals surface area contributed by atoms with Gasteiger partial charge in [0.05, 0.1) is 17.0 Å². The Balaban J connectivity index is 1.83. The summed E-state index contributed by atoms with van der Waals surface area (Å²) < 4.78 is 2.90. The molecule has 3 N–H and O–H groups in total. The first-order valence-corrected chi connectivity index (χ1v) is 6.73. The van der Waals surface area contributed by atoms with Crippen molar-refractivity contribution in [3.05, 3.63) is 29.4 Å². The number of aromatic nitrogens is 3. The number of hydrogen-bond donors (Lipinski definition) is 2. The summed E-state index contributed by atoms with van der Waals surface area (Å²) in [5, 5.41) is 9.60. The fraction of sp³-hybridized carbons (Fsp3) is 0.222. The Labute approximate surface area is 106 Å². The van der Waals surface area contributed by atoms with E-state index >= 15 is 0 Å². The molecular formula is C9H11N5OS2. The molecule has 0 saturated heterocycles. The Morgan fingerprint density at radius 1 is 1.65 bits per heavy atom. The molecule has 90 valence electrons. The number of thioether (sulfide) groups is 1. The van der Waals surface area contributed by atoms with E-state index in [2.05, 4.69) is 16.4 Å². The Kier molecular flexibility index (Phi) is 4.13. The minimum Gasteiger partial charge on any atom is -0.289 e. The molecule has 2 aromatic heterocycles. The van der Waals surface area contributed by atoms with E-state index in [1.54, 1.807) is 34.0 Å². The van der Waals surface area contributed by atoms with Gasteiger partial charge >= 0.3 is 0 Å². The van der Waals surface area contributed by atoms with Gasteiger partial charge in [0.1, 0.15) is 0 Å². The van der Waals surface area contributed by atoms with Crippen molar-refractivity contribution in [2.45, 2.75) is 10.8 Å². The van der Waals surface area contributed by atoms with Gasteiger partial charge in [0.2, 0.25) is 0 Å². The second-order valence-electron chi connectivity index (χ2n) is 3.12. The van der Waals surface area contributed by atoms with Crippen LogP contribution in [-0.2, 0) is 6.54 Å². The number of nitrogens with one attached hydrogen (secondary N) is 1. The molecule has 0 aliphatic heterocycles. The lowest BCUT2D eigenvalue weighted by atomic mass is 10.5.